The van der Waals surface area contributed by atoms with E-state index in [1.165, 1.54) is 6.92 Å². The Hall–Kier alpha value is -0.610. The Morgan fingerprint density at radius 3 is 2.62 bits per heavy atom. The molecule has 0 unspecified atom stereocenters. The van der Waals surface area contributed by atoms with E-state index in [9.17, 15) is 4.79 Å². The third kappa shape index (κ3) is 7.74. The molecular weight excluding hydrogens is 166 g/mol. The van der Waals surface area contributed by atoms with E-state index in [4.69, 9.17) is 5.73 Å². The van der Waals surface area contributed by atoms with Crippen LogP contribution in [0.15, 0.2) is 0 Å². The molecule has 0 rings (SSSR count). The lowest BCUT2D eigenvalue weighted by Gasteiger charge is -2.19. The second kappa shape index (κ2) is 8.01. The van der Waals surface area contributed by atoms with Gasteiger partial charge in [-0.05, 0) is 26.1 Å². The average molecular weight is 187 g/mol. The van der Waals surface area contributed by atoms with Crippen LogP contribution in [0.4, 0.5) is 0 Å². The molecule has 0 aromatic heterocycles. The van der Waals surface area contributed by atoms with Crippen LogP contribution < -0.4 is 11.1 Å². The third-order valence-electron chi connectivity index (χ3n) is 1.93. The van der Waals surface area contributed by atoms with Crippen LogP contribution in [0.2, 0.25) is 0 Å². The summed E-state index contributed by atoms with van der Waals surface area (Å²) in [6.07, 6.45) is 1.02. The van der Waals surface area contributed by atoms with Crippen molar-refractivity contribution in [3.8, 4) is 0 Å². The summed E-state index contributed by atoms with van der Waals surface area (Å²) in [6, 6.07) is 0. The standard InChI is InChI=1S/C9H21N3O/c1-3-12(7-4-5-10)8-6-11-9(2)13/h3-8,10H2,1-2H3,(H,11,13). The van der Waals surface area contributed by atoms with Crippen molar-refractivity contribution in [2.24, 2.45) is 5.73 Å². The molecule has 13 heavy (non-hydrogen) atoms. The van der Waals surface area contributed by atoms with Gasteiger partial charge >= 0.3 is 0 Å². The molecule has 4 nitrogen and oxygen atoms in total. The highest BCUT2D eigenvalue weighted by molar-refractivity contribution is 5.72. The highest BCUT2D eigenvalue weighted by atomic mass is 16.1. The first-order valence-electron chi connectivity index (χ1n) is 4.87. The maximum absolute atomic E-state index is 10.6. The number of hydrogen-bond donors (Lipinski definition) is 2. The second-order valence-corrected chi connectivity index (χ2v) is 3.06. The molecule has 4 heteroatoms. The molecule has 0 saturated heterocycles. The predicted octanol–water partition coefficient (Wildman–Crippen LogP) is -0.207. The summed E-state index contributed by atoms with van der Waals surface area (Å²) in [5.74, 6) is 0.0369. The van der Waals surface area contributed by atoms with E-state index in [0.29, 0.717) is 0 Å². The Kier molecular flexibility index (Phi) is 7.63. The molecule has 0 spiro atoms. The second-order valence-electron chi connectivity index (χ2n) is 3.06. The van der Waals surface area contributed by atoms with Crippen LogP contribution in [-0.4, -0.2) is 43.5 Å². The first-order valence-corrected chi connectivity index (χ1v) is 4.87. The molecule has 0 saturated carbocycles. The van der Waals surface area contributed by atoms with Gasteiger partial charge in [-0.1, -0.05) is 6.92 Å². The van der Waals surface area contributed by atoms with E-state index in [1.807, 2.05) is 0 Å². The normalized spacial score (nSPS) is 10.5. The highest BCUT2D eigenvalue weighted by Gasteiger charge is 2.00. The Morgan fingerprint density at radius 1 is 1.46 bits per heavy atom. The van der Waals surface area contributed by atoms with Crippen molar-refractivity contribution in [3.63, 3.8) is 0 Å². The van der Waals surface area contributed by atoms with Gasteiger partial charge in [-0.25, -0.2) is 0 Å². The zero-order valence-electron chi connectivity index (χ0n) is 8.68. The van der Waals surface area contributed by atoms with E-state index in [0.717, 1.165) is 39.1 Å². The number of likely N-dealkylation sites (N-methyl/N-ethyl adjacent to an activating group) is 1. The van der Waals surface area contributed by atoms with Crippen LogP contribution in [0.5, 0.6) is 0 Å². The van der Waals surface area contributed by atoms with Crippen molar-refractivity contribution >= 4 is 5.91 Å². The molecule has 0 aromatic carbocycles. The van der Waals surface area contributed by atoms with Crippen LogP contribution in [0, 0.1) is 0 Å². The van der Waals surface area contributed by atoms with E-state index >= 15 is 0 Å². The quantitative estimate of drug-likeness (QED) is 0.580. The Balaban J connectivity index is 3.41. The van der Waals surface area contributed by atoms with E-state index < -0.39 is 0 Å². The lowest BCUT2D eigenvalue weighted by atomic mass is 10.3. The van der Waals surface area contributed by atoms with Gasteiger partial charge in [-0.2, -0.15) is 0 Å². The van der Waals surface area contributed by atoms with Crippen molar-refractivity contribution in [1.82, 2.24) is 10.2 Å². The van der Waals surface area contributed by atoms with Crippen LogP contribution in [0.25, 0.3) is 0 Å². The monoisotopic (exact) mass is 187 g/mol. The SMILES string of the molecule is CCN(CCCN)CCNC(C)=O. The summed E-state index contributed by atoms with van der Waals surface area (Å²) in [7, 11) is 0. The minimum absolute atomic E-state index is 0.0369. The van der Waals surface area contributed by atoms with Crippen LogP contribution in [-0.2, 0) is 4.79 Å². The largest absolute Gasteiger partial charge is 0.355 e. The highest BCUT2D eigenvalue weighted by Crippen LogP contribution is 1.88. The van der Waals surface area contributed by atoms with Gasteiger partial charge in [0.05, 0.1) is 0 Å². The fourth-order valence-corrected chi connectivity index (χ4v) is 1.13. The van der Waals surface area contributed by atoms with Crippen molar-refractivity contribution in [2.75, 3.05) is 32.7 Å². The van der Waals surface area contributed by atoms with Gasteiger partial charge < -0.3 is 16.0 Å². The van der Waals surface area contributed by atoms with Gasteiger partial charge in [0.1, 0.15) is 0 Å². The summed E-state index contributed by atoms with van der Waals surface area (Å²) in [4.78, 5) is 12.9. The third-order valence-corrected chi connectivity index (χ3v) is 1.93. The first-order chi connectivity index (χ1) is 6.20. The van der Waals surface area contributed by atoms with E-state index in [2.05, 4.69) is 17.1 Å². The smallest absolute Gasteiger partial charge is 0.216 e. The Labute approximate surface area is 80.5 Å². The molecule has 78 valence electrons. The molecule has 0 aromatic rings. The van der Waals surface area contributed by atoms with Crippen molar-refractivity contribution in [1.29, 1.82) is 0 Å². The number of carbonyl (C=O) groups is 1. The van der Waals surface area contributed by atoms with E-state index in [-0.39, 0.29) is 5.91 Å². The number of nitrogens with two attached hydrogens (primary N) is 1. The zero-order valence-corrected chi connectivity index (χ0v) is 8.68. The fraction of sp³-hybridized carbons (Fsp3) is 0.889. The van der Waals surface area contributed by atoms with Gasteiger partial charge in [0.2, 0.25) is 5.91 Å². The van der Waals surface area contributed by atoms with Crippen molar-refractivity contribution in [2.45, 2.75) is 20.3 Å². The van der Waals surface area contributed by atoms with Gasteiger partial charge in [0.15, 0.2) is 0 Å². The molecule has 0 radical (unpaired) electrons. The molecule has 3 N–H and O–H groups in total. The Bertz CT molecular complexity index is 139. The van der Waals surface area contributed by atoms with E-state index in [1.54, 1.807) is 0 Å². The van der Waals surface area contributed by atoms with Crippen molar-refractivity contribution < 1.29 is 4.79 Å². The lowest BCUT2D eigenvalue weighted by Crippen LogP contribution is -2.35. The van der Waals surface area contributed by atoms with Crippen molar-refractivity contribution in [3.05, 3.63) is 0 Å². The van der Waals surface area contributed by atoms with Crippen LogP contribution in [0.1, 0.15) is 20.3 Å². The summed E-state index contributed by atoms with van der Waals surface area (Å²) >= 11 is 0. The minimum Gasteiger partial charge on any atom is -0.355 e. The van der Waals surface area contributed by atoms with Gasteiger partial charge in [0, 0.05) is 20.0 Å². The zero-order chi connectivity index (χ0) is 10.1. The number of hydrogen-bond acceptors (Lipinski definition) is 3. The first kappa shape index (κ1) is 12.4. The summed E-state index contributed by atoms with van der Waals surface area (Å²) in [5.41, 5.74) is 5.41. The number of carbonyl (C=O) groups excluding carboxylic acids is 1. The Morgan fingerprint density at radius 2 is 2.15 bits per heavy atom. The molecule has 1 amide bonds. The fourth-order valence-electron chi connectivity index (χ4n) is 1.13. The van der Waals surface area contributed by atoms with Gasteiger partial charge in [0.25, 0.3) is 0 Å². The lowest BCUT2D eigenvalue weighted by molar-refractivity contribution is -0.119. The molecule has 0 atom stereocenters. The summed E-state index contributed by atoms with van der Waals surface area (Å²) in [6.45, 7) is 8.06. The molecule has 0 heterocycles. The molecule has 0 bridgehead atoms. The summed E-state index contributed by atoms with van der Waals surface area (Å²) < 4.78 is 0. The van der Waals surface area contributed by atoms with Crippen LogP contribution in [0.3, 0.4) is 0 Å². The maximum Gasteiger partial charge on any atom is 0.216 e. The molecule has 0 aliphatic heterocycles. The average Bonchev–Trinajstić information content (AvgIpc) is 2.10. The number of nitrogens with one attached hydrogen (secondary N) is 1. The topological polar surface area (TPSA) is 58.4 Å². The van der Waals surface area contributed by atoms with Gasteiger partial charge in [-0.15, -0.1) is 0 Å². The predicted molar refractivity (Wildman–Crippen MR) is 54.5 cm³/mol. The molecular formula is C9H21N3O. The summed E-state index contributed by atoms with van der Waals surface area (Å²) in [5, 5.41) is 2.77. The molecule has 0 fully saturated rings. The van der Waals surface area contributed by atoms with Gasteiger partial charge in [-0.3, -0.25) is 4.79 Å². The number of amides is 1. The number of nitrogens with zero attached hydrogens (tertiary/aromatic N) is 1. The maximum atomic E-state index is 10.6. The molecule has 0 aliphatic rings. The molecule has 0 aliphatic carbocycles. The number of rotatable bonds is 7. The minimum atomic E-state index is 0.0369. The van der Waals surface area contributed by atoms with Crippen LogP contribution >= 0.6 is 0 Å².